The Balaban J connectivity index is 1.70. The molecule has 0 aliphatic carbocycles. The second kappa shape index (κ2) is 7.97. The van der Waals surface area contributed by atoms with Crippen molar-refractivity contribution < 1.29 is 14.4 Å². The molecule has 140 valence electrons. The highest BCUT2D eigenvalue weighted by Crippen LogP contribution is 2.12. The van der Waals surface area contributed by atoms with Crippen molar-refractivity contribution in [3.63, 3.8) is 0 Å². The van der Waals surface area contributed by atoms with Gasteiger partial charge in [0.15, 0.2) is 5.69 Å². The number of hydrogen-bond acceptors (Lipinski definition) is 4. The van der Waals surface area contributed by atoms with Crippen molar-refractivity contribution in [1.29, 1.82) is 0 Å². The Hall–Kier alpha value is -2.25. The number of fused-ring (bicyclic) bond motifs is 1. The third-order valence-corrected chi connectivity index (χ3v) is 4.68. The zero-order chi connectivity index (χ0) is 18.7. The molecule has 1 aliphatic rings. The van der Waals surface area contributed by atoms with Gasteiger partial charge in [0.2, 0.25) is 0 Å². The quantitative estimate of drug-likeness (QED) is 0.762. The van der Waals surface area contributed by atoms with E-state index in [9.17, 15) is 9.59 Å². The van der Waals surface area contributed by atoms with E-state index in [2.05, 4.69) is 24.3 Å². The molecule has 1 fully saturated rings. The van der Waals surface area contributed by atoms with Crippen molar-refractivity contribution >= 4 is 16.7 Å². The third kappa shape index (κ3) is 4.11. The van der Waals surface area contributed by atoms with Crippen molar-refractivity contribution in [2.24, 2.45) is 13.0 Å². The van der Waals surface area contributed by atoms with Crippen LogP contribution in [-0.2, 0) is 11.8 Å². The Bertz CT molecular complexity index is 846. The summed E-state index contributed by atoms with van der Waals surface area (Å²) >= 11 is 0. The second-order valence-electron chi connectivity index (χ2n) is 7.33. The average molecular weight is 359 g/mol. The smallest absolute Gasteiger partial charge is 0.274 e. The molecule has 0 saturated carbocycles. The number of morpholine rings is 1. The fraction of sp³-hybridized carbons (Fsp3) is 0.526. The molecule has 2 atom stereocenters. The zero-order valence-corrected chi connectivity index (χ0v) is 15.6. The minimum absolute atomic E-state index is 0.000228. The van der Waals surface area contributed by atoms with Gasteiger partial charge in [-0.15, -0.1) is 0 Å². The lowest BCUT2D eigenvalue weighted by atomic mass is 10.1. The molecule has 7 heteroatoms. The Labute approximate surface area is 152 Å². The number of nitrogens with zero attached hydrogens (tertiary/aromatic N) is 2. The number of rotatable bonds is 5. The molecule has 2 N–H and O–H groups in total. The van der Waals surface area contributed by atoms with E-state index >= 15 is 0 Å². The Morgan fingerprint density at radius 3 is 2.85 bits per heavy atom. The standard InChI is InChI=1S/C19H26N4O3/c1-13(2)11-23-8-9-26-14(12-23)10-20-18(24)17-15-6-4-5-7-16(15)19(25)22(3)21-17/h4-7,13-14H,8-12H2,1-3H3,(H,20,24)/p+1/t14-/m0/s1. The van der Waals surface area contributed by atoms with Gasteiger partial charge in [0, 0.05) is 24.9 Å². The molecule has 2 heterocycles. The fourth-order valence-corrected chi connectivity index (χ4v) is 3.50. The number of amides is 1. The van der Waals surface area contributed by atoms with Gasteiger partial charge >= 0.3 is 0 Å². The third-order valence-electron chi connectivity index (χ3n) is 4.68. The number of aryl methyl sites for hydroxylation is 1. The van der Waals surface area contributed by atoms with Crippen LogP contribution in [0, 0.1) is 5.92 Å². The van der Waals surface area contributed by atoms with E-state index in [-0.39, 0.29) is 23.3 Å². The van der Waals surface area contributed by atoms with Gasteiger partial charge in [-0.1, -0.05) is 32.0 Å². The largest absolute Gasteiger partial charge is 0.365 e. The van der Waals surface area contributed by atoms with Crippen LogP contribution >= 0.6 is 0 Å². The number of benzene rings is 1. The Kier molecular flexibility index (Phi) is 5.68. The molecule has 1 saturated heterocycles. The predicted molar refractivity (Wildman–Crippen MR) is 99.5 cm³/mol. The summed E-state index contributed by atoms with van der Waals surface area (Å²) in [5.74, 6) is 0.357. The molecular formula is C19H27N4O3+. The molecule has 1 aromatic carbocycles. The van der Waals surface area contributed by atoms with Gasteiger partial charge in [-0.05, 0) is 6.07 Å². The summed E-state index contributed by atoms with van der Waals surface area (Å²) in [7, 11) is 1.56. The summed E-state index contributed by atoms with van der Waals surface area (Å²) in [4.78, 5) is 26.4. The lowest BCUT2D eigenvalue weighted by molar-refractivity contribution is -0.914. The normalized spacial score (nSPS) is 20.5. The first kappa shape index (κ1) is 18.5. The van der Waals surface area contributed by atoms with Gasteiger partial charge < -0.3 is 15.0 Å². The Morgan fingerprint density at radius 2 is 2.12 bits per heavy atom. The van der Waals surface area contributed by atoms with Crippen LogP contribution < -0.4 is 15.8 Å². The first-order chi connectivity index (χ1) is 12.5. The summed E-state index contributed by atoms with van der Waals surface area (Å²) in [6, 6.07) is 7.06. The van der Waals surface area contributed by atoms with Gasteiger partial charge in [-0.25, -0.2) is 4.68 Å². The summed E-state index contributed by atoms with van der Waals surface area (Å²) < 4.78 is 7.01. The molecule has 1 amide bonds. The van der Waals surface area contributed by atoms with Crippen LogP contribution in [0.15, 0.2) is 29.1 Å². The van der Waals surface area contributed by atoms with Crippen molar-refractivity contribution in [1.82, 2.24) is 15.1 Å². The minimum atomic E-state index is -0.281. The van der Waals surface area contributed by atoms with E-state index in [4.69, 9.17) is 4.74 Å². The number of hydrogen-bond donors (Lipinski definition) is 2. The van der Waals surface area contributed by atoms with Crippen LogP contribution in [0.2, 0.25) is 0 Å². The van der Waals surface area contributed by atoms with Crippen LogP contribution in [0.3, 0.4) is 0 Å². The summed E-state index contributed by atoms with van der Waals surface area (Å²) in [5.41, 5.74) is 0.0607. The van der Waals surface area contributed by atoms with Gasteiger partial charge in [0.1, 0.15) is 19.2 Å². The van der Waals surface area contributed by atoms with Gasteiger partial charge in [0.25, 0.3) is 11.5 Å². The van der Waals surface area contributed by atoms with Crippen molar-refractivity contribution in [3.8, 4) is 0 Å². The van der Waals surface area contributed by atoms with Gasteiger partial charge in [0.05, 0.1) is 18.5 Å². The summed E-state index contributed by atoms with van der Waals surface area (Å²) in [5, 5.41) is 8.16. The van der Waals surface area contributed by atoms with Crippen LogP contribution in [0.5, 0.6) is 0 Å². The molecule has 1 aromatic heterocycles. The Morgan fingerprint density at radius 1 is 1.38 bits per heavy atom. The topological polar surface area (TPSA) is 77.7 Å². The summed E-state index contributed by atoms with van der Waals surface area (Å²) in [6.07, 6.45) is 0.000228. The maximum atomic E-state index is 12.7. The second-order valence-corrected chi connectivity index (χ2v) is 7.33. The molecular weight excluding hydrogens is 332 g/mol. The highest BCUT2D eigenvalue weighted by molar-refractivity contribution is 6.04. The average Bonchev–Trinajstić information content (AvgIpc) is 2.62. The number of nitrogens with one attached hydrogen (secondary N) is 2. The van der Waals surface area contributed by atoms with Crippen LogP contribution in [0.4, 0.5) is 0 Å². The monoisotopic (exact) mass is 359 g/mol. The molecule has 1 aliphatic heterocycles. The molecule has 1 unspecified atom stereocenters. The van der Waals surface area contributed by atoms with E-state index in [1.54, 1.807) is 31.3 Å². The highest BCUT2D eigenvalue weighted by atomic mass is 16.5. The summed E-state index contributed by atoms with van der Waals surface area (Å²) in [6.45, 7) is 8.60. The van der Waals surface area contributed by atoms with Crippen LogP contribution in [0.25, 0.3) is 10.8 Å². The first-order valence-electron chi connectivity index (χ1n) is 9.15. The maximum Gasteiger partial charge on any atom is 0.274 e. The molecule has 0 spiro atoms. The highest BCUT2D eigenvalue weighted by Gasteiger charge is 2.25. The van der Waals surface area contributed by atoms with Crippen molar-refractivity contribution in [2.75, 3.05) is 32.8 Å². The van der Waals surface area contributed by atoms with E-state index in [0.29, 0.717) is 29.8 Å². The zero-order valence-electron chi connectivity index (χ0n) is 15.6. The van der Waals surface area contributed by atoms with Crippen LogP contribution in [-0.4, -0.2) is 54.6 Å². The predicted octanol–water partition coefficient (Wildman–Crippen LogP) is -0.397. The number of quaternary nitrogens is 1. The molecule has 3 rings (SSSR count). The SMILES string of the molecule is CC(C)C[NH+]1CCO[C@@H](CNC(=O)c2nn(C)c(=O)c3ccccc23)C1. The lowest BCUT2D eigenvalue weighted by Gasteiger charge is -2.31. The molecule has 7 nitrogen and oxygen atoms in total. The van der Waals surface area contributed by atoms with E-state index < -0.39 is 0 Å². The maximum absolute atomic E-state index is 12.7. The van der Waals surface area contributed by atoms with Gasteiger partial charge in [-0.2, -0.15) is 5.10 Å². The van der Waals surface area contributed by atoms with Crippen molar-refractivity contribution in [2.45, 2.75) is 20.0 Å². The van der Waals surface area contributed by atoms with E-state index in [0.717, 1.165) is 19.6 Å². The molecule has 26 heavy (non-hydrogen) atoms. The first-order valence-corrected chi connectivity index (χ1v) is 9.15. The molecule has 2 aromatic rings. The molecule has 0 bridgehead atoms. The molecule has 0 radical (unpaired) electrons. The fourth-order valence-electron chi connectivity index (χ4n) is 3.50. The van der Waals surface area contributed by atoms with Crippen LogP contribution in [0.1, 0.15) is 24.3 Å². The number of carbonyl (C=O) groups excluding carboxylic acids is 1. The van der Waals surface area contributed by atoms with Gasteiger partial charge in [-0.3, -0.25) is 9.59 Å². The van der Waals surface area contributed by atoms with E-state index in [1.165, 1.54) is 9.58 Å². The number of ether oxygens (including phenoxy) is 1. The lowest BCUT2D eigenvalue weighted by Crippen LogP contribution is -3.15. The van der Waals surface area contributed by atoms with Crippen molar-refractivity contribution in [3.05, 3.63) is 40.3 Å². The minimum Gasteiger partial charge on any atom is -0.365 e. The van der Waals surface area contributed by atoms with E-state index in [1.807, 2.05) is 0 Å². The number of carbonyl (C=O) groups is 1. The number of aromatic nitrogens is 2.